The maximum atomic E-state index is 13.1. The number of benzene rings is 2. The minimum absolute atomic E-state index is 0.106. The van der Waals surface area contributed by atoms with Crippen LogP contribution in [0.4, 0.5) is 10.1 Å². The van der Waals surface area contributed by atoms with Gasteiger partial charge in [0.05, 0.1) is 17.8 Å². The first-order valence-electron chi connectivity index (χ1n) is 7.22. The van der Waals surface area contributed by atoms with E-state index >= 15 is 0 Å². The monoisotopic (exact) mass is 363 g/mol. The molecule has 0 aliphatic heterocycles. The zero-order valence-electron chi connectivity index (χ0n) is 13.3. The summed E-state index contributed by atoms with van der Waals surface area (Å²) in [6, 6.07) is 10.6. The standard InChI is InChI=1S/C18H15ClFNO4/c1-24-14-4-2-3-12(9-14)5-8-18(23)25-11-17(22)21-16-10-13(20)6-7-15(16)19/h2-10H,11H2,1H3,(H,21,22)/b8-5+. The summed E-state index contributed by atoms with van der Waals surface area (Å²) in [5.74, 6) is -1.21. The van der Waals surface area contributed by atoms with Gasteiger partial charge in [0.1, 0.15) is 11.6 Å². The van der Waals surface area contributed by atoms with Gasteiger partial charge in [-0.05, 0) is 42.0 Å². The zero-order chi connectivity index (χ0) is 18.2. The van der Waals surface area contributed by atoms with Gasteiger partial charge < -0.3 is 14.8 Å². The highest BCUT2D eigenvalue weighted by atomic mass is 35.5. The highest BCUT2D eigenvalue weighted by molar-refractivity contribution is 6.33. The van der Waals surface area contributed by atoms with Crippen molar-refractivity contribution in [2.75, 3.05) is 19.0 Å². The minimum atomic E-state index is -0.691. The normalized spacial score (nSPS) is 10.5. The fourth-order valence-electron chi connectivity index (χ4n) is 1.87. The Labute approximate surface area is 149 Å². The molecule has 0 saturated heterocycles. The number of methoxy groups -OCH3 is 1. The SMILES string of the molecule is COc1cccc(/C=C/C(=O)OCC(=O)Nc2cc(F)ccc2Cl)c1. The highest BCUT2D eigenvalue weighted by Crippen LogP contribution is 2.22. The molecule has 7 heteroatoms. The largest absolute Gasteiger partial charge is 0.497 e. The van der Waals surface area contributed by atoms with E-state index in [4.69, 9.17) is 21.1 Å². The average Bonchev–Trinajstić information content (AvgIpc) is 2.61. The number of halogens is 2. The summed E-state index contributed by atoms with van der Waals surface area (Å²) in [6.45, 7) is -0.520. The first-order chi connectivity index (χ1) is 12.0. The van der Waals surface area contributed by atoms with Gasteiger partial charge in [0.25, 0.3) is 5.91 Å². The number of amides is 1. The maximum absolute atomic E-state index is 13.1. The molecule has 0 spiro atoms. The van der Waals surface area contributed by atoms with Gasteiger partial charge >= 0.3 is 5.97 Å². The molecule has 0 atom stereocenters. The topological polar surface area (TPSA) is 64.6 Å². The summed E-state index contributed by atoms with van der Waals surface area (Å²) in [6.07, 6.45) is 2.73. The summed E-state index contributed by atoms with van der Waals surface area (Å²) in [4.78, 5) is 23.4. The molecule has 0 aliphatic rings. The summed E-state index contributed by atoms with van der Waals surface area (Å²) in [7, 11) is 1.54. The molecule has 25 heavy (non-hydrogen) atoms. The molecule has 5 nitrogen and oxygen atoms in total. The molecule has 0 aromatic heterocycles. The van der Waals surface area contributed by atoms with E-state index in [0.717, 1.165) is 11.6 Å². The van der Waals surface area contributed by atoms with Crippen molar-refractivity contribution < 1.29 is 23.5 Å². The van der Waals surface area contributed by atoms with Gasteiger partial charge in [-0.15, -0.1) is 0 Å². The molecular weight excluding hydrogens is 349 g/mol. The summed E-state index contributed by atoms with van der Waals surface area (Å²) >= 11 is 5.83. The predicted octanol–water partition coefficient (Wildman–Crippen LogP) is 3.68. The van der Waals surface area contributed by atoms with E-state index < -0.39 is 24.3 Å². The number of anilines is 1. The Morgan fingerprint density at radius 2 is 2.04 bits per heavy atom. The maximum Gasteiger partial charge on any atom is 0.331 e. The Kier molecular flexibility index (Phi) is 6.54. The Hall–Kier alpha value is -2.86. The third-order valence-electron chi connectivity index (χ3n) is 3.05. The molecule has 0 bridgehead atoms. The molecule has 130 valence electrons. The van der Waals surface area contributed by atoms with Crippen LogP contribution in [0.15, 0.2) is 48.5 Å². The molecule has 1 N–H and O–H groups in total. The van der Waals surface area contributed by atoms with E-state index in [0.29, 0.717) is 5.75 Å². The van der Waals surface area contributed by atoms with Crippen LogP contribution in [0.3, 0.4) is 0 Å². The highest BCUT2D eigenvalue weighted by Gasteiger charge is 2.09. The van der Waals surface area contributed by atoms with Crippen molar-refractivity contribution in [1.29, 1.82) is 0 Å². The van der Waals surface area contributed by atoms with E-state index in [2.05, 4.69) is 5.32 Å². The lowest BCUT2D eigenvalue weighted by Gasteiger charge is -2.07. The van der Waals surface area contributed by atoms with Crippen LogP contribution >= 0.6 is 11.6 Å². The van der Waals surface area contributed by atoms with Gasteiger partial charge in [-0.1, -0.05) is 23.7 Å². The van der Waals surface area contributed by atoms with Crippen LogP contribution in [0.25, 0.3) is 6.08 Å². The van der Waals surface area contributed by atoms with Gasteiger partial charge in [-0.2, -0.15) is 0 Å². The molecule has 0 saturated carbocycles. The second kappa shape index (κ2) is 8.84. The van der Waals surface area contributed by atoms with Crippen LogP contribution in [0, 0.1) is 5.82 Å². The average molecular weight is 364 g/mol. The lowest BCUT2D eigenvalue weighted by molar-refractivity contribution is -0.142. The van der Waals surface area contributed by atoms with E-state index in [1.54, 1.807) is 31.4 Å². The van der Waals surface area contributed by atoms with Crippen LogP contribution in [0.2, 0.25) is 5.02 Å². The van der Waals surface area contributed by atoms with Gasteiger partial charge in [0, 0.05) is 6.08 Å². The fraction of sp³-hybridized carbons (Fsp3) is 0.111. The van der Waals surface area contributed by atoms with Crippen LogP contribution in [0.5, 0.6) is 5.75 Å². The number of ether oxygens (including phenoxy) is 2. The third kappa shape index (κ3) is 5.93. The van der Waals surface area contributed by atoms with Gasteiger partial charge in [0.15, 0.2) is 6.61 Å². The molecule has 1 amide bonds. The second-order valence-electron chi connectivity index (χ2n) is 4.89. The molecule has 0 unspecified atom stereocenters. The molecule has 2 rings (SSSR count). The smallest absolute Gasteiger partial charge is 0.331 e. The molecule has 0 heterocycles. The second-order valence-corrected chi connectivity index (χ2v) is 5.30. The van der Waals surface area contributed by atoms with Crippen molar-refractivity contribution in [2.24, 2.45) is 0 Å². The number of nitrogens with one attached hydrogen (secondary N) is 1. The Morgan fingerprint density at radius 3 is 2.80 bits per heavy atom. The lowest BCUT2D eigenvalue weighted by atomic mass is 10.2. The van der Waals surface area contributed by atoms with E-state index in [1.165, 1.54) is 24.3 Å². The van der Waals surface area contributed by atoms with Gasteiger partial charge in [0.2, 0.25) is 0 Å². The molecule has 0 aliphatic carbocycles. The van der Waals surface area contributed by atoms with Crippen LogP contribution < -0.4 is 10.1 Å². The van der Waals surface area contributed by atoms with Crippen LogP contribution in [0.1, 0.15) is 5.56 Å². The number of hydrogen-bond acceptors (Lipinski definition) is 4. The molecule has 0 radical (unpaired) electrons. The zero-order valence-corrected chi connectivity index (χ0v) is 14.0. The number of hydrogen-bond donors (Lipinski definition) is 1. The first kappa shape index (κ1) is 18.5. The van der Waals surface area contributed by atoms with Crippen molar-refractivity contribution in [1.82, 2.24) is 0 Å². The first-order valence-corrected chi connectivity index (χ1v) is 7.59. The van der Waals surface area contributed by atoms with Crippen molar-refractivity contribution in [2.45, 2.75) is 0 Å². The van der Waals surface area contributed by atoms with Crippen LogP contribution in [-0.4, -0.2) is 25.6 Å². The van der Waals surface area contributed by atoms with Gasteiger partial charge in [-0.25, -0.2) is 9.18 Å². The van der Waals surface area contributed by atoms with Crippen molar-refractivity contribution >= 4 is 35.2 Å². The number of carbonyl (C=O) groups is 2. The summed E-state index contributed by atoms with van der Waals surface area (Å²) < 4.78 is 23.0. The van der Waals surface area contributed by atoms with E-state index in [9.17, 15) is 14.0 Å². The number of carbonyl (C=O) groups excluding carboxylic acids is 2. The molecule has 0 fully saturated rings. The fourth-order valence-corrected chi connectivity index (χ4v) is 2.04. The number of esters is 1. The molecule has 2 aromatic rings. The Morgan fingerprint density at radius 1 is 1.24 bits per heavy atom. The van der Waals surface area contributed by atoms with Crippen molar-refractivity contribution in [3.05, 3.63) is 64.9 Å². The van der Waals surface area contributed by atoms with E-state index in [-0.39, 0.29) is 10.7 Å². The predicted molar refractivity (Wildman–Crippen MR) is 93.0 cm³/mol. The molecular formula is C18H15ClFNO4. The third-order valence-corrected chi connectivity index (χ3v) is 3.38. The van der Waals surface area contributed by atoms with Gasteiger partial charge in [-0.3, -0.25) is 4.79 Å². The van der Waals surface area contributed by atoms with Crippen molar-refractivity contribution in [3.8, 4) is 5.75 Å². The summed E-state index contributed by atoms with van der Waals surface area (Å²) in [5, 5.41) is 2.55. The van der Waals surface area contributed by atoms with E-state index in [1.807, 2.05) is 0 Å². The lowest BCUT2D eigenvalue weighted by Crippen LogP contribution is -2.20. The molecule has 2 aromatic carbocycles. The number of rotatable bonds is 6. The Bertz CT molecular complexity index is 807. The minimum Gasteiger partial charge on any atom is -0.497 e. The summed E-state index contributed by atoms with van der Waals surface area (Å²) in [5.41, 5.74) is 0.849. The Balaban J connectivity index is 1.85. The quantitative estimate of drug-likeness (QED) is 0.628. The van der Waals surface area contributed by atoms with Crippen molar-refractivity contribution in [3.63, 3.8) is 0 Å². The van der Waals surface area contributed by atoms with Crippen LogP contribution in [-0.2, 0) is 14.3 Å².